The number of nitrogens with two attached hydrogens (primary N) is 2. The summed E-state index contributed by atoms with van der Waals surface area (Å²) in [5.41, 5.74) is 12.4. The number of halogens is 1. The first kappa shape index (κ1) is 14.0. The topological polar surface area (TPSA) is 81.6 Å². The van der Waals surface area contributed by atoms with Crippen molar-refractivity contribution in [1.29, 1.82) is 0 Å². The molecular formula is C12H14ClN3O2S. The zero-order chi connectivity index (χ0) is 14.0. The van der Waals surface area contributed by atoms with Gasteiger partial charge < -0.3 is 21.1 Å². The van der Waals surface area contributed by atoms with Crippen LogP contribution in [0.5, 0.6) is 0 Å². The first-order chi connectivity index (χ1) is 9.02. The molecule has 1 aliphatic rings. The molecule has 1 aromatic carbocycles. The smallest absolute Gasteiger partial charge is 0.242 e. The number of thiocarbonyl (C=S) groups is 1. The lowest BCUT2D eigenvalue weighted by atomic mass is 10.1. The Kier molecular flexibility index (Phi) is 4.24. The van der Waals surface area contributed by atoms with Gasteiger partial charge in [0.05, 0.1) is 23.8 Å². The summed E-state index contributed by atoms with van der Waals surface area (Å²) < 4.78 is 5.29. The van der Waals surface area contributed by atoms with Crippen molar-refractivity contribution < 1.29 is 9.53 Å². The van der Waals surface area contributed by atoms with Crippen LogP contribution in [0.4, 0.5) is 5.69 Å². The molecule has 1 fully saturated rings. The molecule has 0 aliphatic carbocycles. The number of rotatable bonds is 3. The molecule has 0 aromatic heterocycles. The van der Waals surface area contributed by atoms with Gasteiger partial charge in [0.15, 0.2) is 0 Å². The minimum absolute atomic E-state index is 0.190. The standard InChI is InChI=1S/C12H14ClN3O2S/c13-7-2-1-3-8(10(7)12(15)19)16-4-5-18-6-9(16)11(14)17/h1-3,9H,4-6H2,(H2,14,17)(H2,15,19). The van der Waals surface area contributed by atoms with Gasteiger partial charge in [-0.05, 0) is 12.1 Å². The fourth-order valence-electron chi connectivity index (χ4n) is 2.12. The largest absolute Gasteiger partial charge is 0.389 e. The maximum atomic E-state index is 11.5. The Morgan fingerprint density at radius 1 is 1.47 bits per heavy atom. The second-order valence-corrected chi connectivity index (χ2v) is 5.03. The number of nitrogens with zero attached hydrogens (tertiary/aromatic N) is 1. The first-order valence-corrected chi connectivity index (χ1v) is 6.53. The lowest BCUT2D eigenvalue weighted by Gasteiger charge is -2.36. The van der Waals surface area contributed by atoms with Gasteiger partial charge in [-0.1, -0.05) is 29.9 Å². The van der Waals surface area contributed by atoms with E-state index in [4.69, 9.17) is 40.0 Å². The minimum Gasteiger partial charge on any atom is -0.389 e. The molecule has 1 unspecified atom stereocenters. The fraction of sp³-hybridized carbons (Fsp3) is 0.333. The van der Waals surface area contributed by atoms with Crippen LogP contribution in [0.2, 0.25) is 5.02 Å². The van der Waals surface area contributed by atoms with Crippen LogP contribution in [-0.4, -0.2) is 36.7 Å². The highest BCUT2D eigenvalue weighted by molar-refractivity contribution is 7.80. The van der Waals surface area contributed by atoms with Gasteiger partial charge in [0.2, 0.25) is 5.91 Å². The minimum atomic E-state index is -0.541. The molecule has 4 N–H and O–H groups in total. The van der Waals surface area contributed by atoms with E-state index < -0.39 is 11.9 Å². The van der Waals surface area contributed by atoms with Crippen LogP contribution in [0.3, 0.4) is 0 Å². The fourth-order valence-corrected chi connectivity index (χ4v) is 2.67. The molecule has 1 heterocycles. The summed E-state index contributed by atoms with van der Waals surface area (Å²) in [6.07, 6.45) is 0. The van der Waals surface area contributed by atoms with Gasteiger partial charge in [-0.2, -0.15) is 0 Å². The third kappa shape index (κ3) is 2.80. The van der Waals surface area contributed by atoms with Crippen LogP contribution in [0.15, 0.2) is 18.2 Å². The maximum Gasteiger partial charge on any atom is 0.242 e. The van der Waals surface area contributed by atoms with Crippen molar-refractivity contribution in [3.8, 4) is 0 Å². The number of hydrogen-bond acceptors (Lipinski definition) is 4. The van der Waals surface area contributed by atoms with E-state index in [0.29, 0.717) is 29.4 Å². The predicted octanol–water partition coefficient (Wildman–Crippen LogP) is 0.665. The van der Waals surface area contributed by atoms with E-state index in [0.717, 1.165) is 0 Å². The zero-order valence-electron chi connectivity index (χ0n) is 10.1. The maximum absolute atomic E-state index is 11.5. The average Bonchev–Trinajstić information content (AvgIpc) is 2.37. The van der Waals surface area contributed by atoms with Crippen LogP contribution in [0.1, 0.15) is 5.56 Å². The van der Waals surface area contributed by atoms with Crippen molar-refractivity contribution >= 4 is 40.4 Å². The lowest BCUT2D eigenvalue weighted by Crippen LogP contribution is -2.53. The molecule has 1 atom stereocenters. The Morgan fingerprint density at radius 3 is 2.84 bits per heavy atom. The van der Waals surface area contributed by atoms with Crippen LogP contribution in [0.25, 0.3) is 0 Å². The third-order valence-electron chi connectivity index (χ3n) is 3.00. The number of hydrogen-bond donors (Lipinski definition) is 2. The number of anilines is 1. The first-order valence-electron chi connectivity index (χ1n) is 5.74. The van der Waals surface area contributed by atoms with E-state index in [2.05, 4.69) is 0 Å². The predicted molar refractivity (Wildman–Crippen MR) is 78.5 cm³/mol. The summed E-state index contributed by atoms with van der Waals surface area (Å²) in [4.78, 5) is 13.5. The zero-order valence-corrected chi connectivity index (χ0v) is 11.7. The van der Waals surface area contributed by atoms with Crippen molar-refractivity contribution in [3.63, 3.8) is 0 Å². The molecule has 1 aliphatic heterocycles. The van der Waals surface area contributed by atoms with E-state index in [-0.39, 0.29) is 11.6 Å². The van der Waals surface area contributed by atoms with Gasteiger partial charge in [0.1, 0.15) is 11.0 Å². The van der Waals surface area contributed by atoms with Gasteiger partial charge in [0, 0.05) is 12.2 Å². The Morgan fingerprint density at radius 2 is 2.21 bits per heavy atom. The molecule has 2 rings (SSSR count). The molecule has 7 heteroatoms. The summed E-state index contributed by atoms with van der Waals surface area (Å²) in [5.74, 6) is -0.450. The number of carbonyl (C=O) groups excluding carboxylic acids is 1. The Balaban J connectivity index is 2.47. The highest BCUT2D eigenvalue weighted by atomic mass is 35.5. The van der Waals surface area contributed by atoms with Gasteiger partial charge in [-0.3, -0.25) is 4.79 Å². The average molecular weight is 300 g/mol. The van der Waals surface area contributed by atoms with Gasteiger partial charge in [-0.15, -0.1) is 0 Å². The second-order valence-electron chi connectivity index (χ2n) is 4.18. The number of ether oxygens (including phenoxy) is 1. The van der Waals surface area contributed by atoms with E-state index in [1.54, 1.807) is 12.1 Å². The Hall–Kier alpha value is -1.37. The molecule has 0 bridgehead atoms. The van der Waals surface area contributed by atoms with Crippen LogP contribution < -0.4 is 16.4 Å². The van der Waals surface area contributed by atoms with E-state index in [1.807, 2.05) is 11.0 Å². The summed E-state index contributed by atoms with van der Waals surface area (Å²) in [7, 11) is 0. The quantitative estimate of drug-likeness (QED) is 0.802. The lowest BCUT2D eigenvalue weighted by molar-refractivity contribution is -0.121. The van der Waals surface area contributed by atoms with E-state index >= 15 is 0 Å². The van der Waals surface area contributed by atoms with Crippen molar-refractivity contribution in [2.24, 2.45) is 11.5 Å². The van der Waals surface area contributed by atoms with Gasteiger partial charge in [-0.25, -0.2) is 0 Å². The molecular weight excluding hydrogens is 286 g/mol. The molecule has 1 saturated heterocycles. The van der Waals surface area contributed by atoms with Crippen molar-refractivity contribution in [3.05, 3.63) is 28.8 Å². The van der Waals surface area contributed by atoms with Gasteiger partial charge >= 0.3 is 0 Å². The number of morpholine rings is 1. The number of amides is 1. The normalized spacial score (nSPS) is 19.2. The van der Waals surface area contributed by atoms with Crippen LogP contribution in [-0.2, 0) is 9.53 Å². The molecule has 5 nitrogen and oxygen atoms in total. The van der Waals surface area contributed by atoms with Gasteiger partial charge in [0.25, 0.3) is 0 Å². The summed E-state index contributed by atoms with van der Waals surface area (Å²) in [6.45, 7) is 1.29. The molecule has 0 saturated carbocycles. The number of benzene rings is 1. The highest BCUT2D eigenvalue weighted by Gasteiger charge is 2.30. The van der Waals surface area contributed by atoms with Crippen molar-refractivity contribution in [2.75, 3.05) is 24.7 Å². The third-order valence-corrected chi connectivity index (χ3v) is 3.52. The molecule has 0 spiro atoms. The number of primary amides is 1. The Bertz CT molecular complexity index is 524. The molecule has 1 aromatic rings. The monoisotopic (exact) mass is 299 g/mol. The molecule has 102 valence electrons. The van der Waals surface area contributed by atoms with Crippen molar-refractivity contribution in [2.45, 2.75) is 6.04 Å². The molecule has 19 heavy (non-hydrogen) atoms. The van der Waals surface area contributed by atoms with Crippen molar-refractivity contribution in [1.82, 2.24) is 0 Å². The molecule has 0 radical (unpaired) electrons. The number of carbonyl (C=O) groups is 1. The SMILES string of the molecule is NC(=O)C1COCCN1c1cccc(Cl)c1C(N)=S. The Labute approximate surface area is 121 Å². The van der Waals surface area contributed by atoms with E-state index in [1.165, 1.54) is 0 Å². The van der Waals surface area contributed by atoms with Crippen LogP contribution in [0, 0.1) is 0 Å². The summed E-state index contributed by atoms with van der Waals surface area (Å²) >= 11 is 11.2. The summed E-state index contributed by atoms with van der Waals surface area (Å²) in [5, 5.41) is 0.458. The van der Waals surface area contributed by atoms with Crippen LogP contribution >= 0.6 is 23.8 Å². The molecule has 1 amide bonds. The second kappa shape index (κ2) is 5.73. The summed E-state index contributed by atoms with van der Waals surface area (Å²) in [6, 6.07) is 4.77. The highest BCUT2D eigenvalue weighted by Crippen LogP contribution is 2.29. The van der Waals surface area contributed by atoms with E-state index in [9.17, 15) is 4.79 Å².